The van der Waals surface area contributed by atoms with E-state index in [0.29, 0.717) is 11.4 Å². The lowest BCUT2D eigenvalue weighted by molar-refractivity contribution is 0.0512. The Morgan fingerprint density at radius 2 is 2.32 bits per heavy atom. The van der Waals surface area contributed by atoms with Crippen LogP contribution in [0.4, 0.5) is 0 Å². The van der Waals surface area contributed by atoms with E-state index in [9.17, 15) is 4.79 Å². The Labute approximate surface area is 110 Å². The second-order valence-corrected chi connectivity index (χ2v) is 3.80. The fourth-order valence-electron chi connectivity index (χ4n) is 1.65. The van der Waals surface area contributed by atoms with E-state index in [2.05, 4.69) is 16.2 Å². The largest absolute Gasteiger partial charge is 0.460 e. The highest BCUT2D eigenvalue weighted by atomic mass is 16.5. The first kappa shape index (κ1) is 12.8. The Balaban J connectivity index is 2.40. The summed E-state index contributed by atoms with van der Waals surface area (Å²) in [5.74, 6) is -0.0253. The molecule has 0 aliphatic heterocycles. The van der Waals surface area contributed by atoms with Gasteiger partial charge in [-0.1, -0.05) is 12.1 Å². The minimum atomic E-state index is -0.555. The van der Waals surface area contributed by atoms with Crippen LogP contribution in [0, 0.1) is 11.3 Å². The number of carbonyl (C=O) groups is 1. The molecule has 1 heterocycles. The van der Waals surface area contributed by atoms with Gasteiger partial charge in [-0.15, -0.1) is 5.10 Å². The quantitative estimate of drug-likeness (QED) is 0.778. The molecule has 0 radical (unpaired) electrons. The molecule has 2 rings (SSSR count). The zero-order valence-corrected chi connectivity index (χ0v) is 10.6. The summed E-state index contributed by atoms with van der Waals surface area (Å²) in [5.41, 5.74) is 1.25. The predicted octanol–water partition coefficient (Wildman–Crippen LogP) is 1.53. The molecule has 1 aromatic carbocycles. The molecular weight excluding hydrogens is 244 g/mol. The van der Waals surface area contributed by atoms with E-state index in [1.807, 2.05) is 0 Å². The lowest BCUT2D eigenvalue weighted by Crippen LogP contribution is -2.07. The number of nitriles is 1. The maximum atomic E-state index is 11.6. The molecule has 0 saturated heterocycles. The normalized spacial score (nSPS) is 9.95. The summed E-state index contributed by atoms with van der Waals surface area (Å²) in [7, 11) is 1.68. The highest BCUT2D eigenvalue weighted by Crippen LogP contribution is 2.18. The van der Waals surface area contributed by atoms with Crippen molar-refractivity contribution in [1.82, 2.24) is 14.8 Å². The SMILES string of the molecule is CCOC(=O)c1nc(-c2cccc(C#N)c2)n(C)n1. The Hall–Kier alpha value is -2.68. The standard InChI is InChI=1S/C13H12N4O2/c1-3-19-13(18)11-15-12(17(2)16-11)10-6-4-5-9(7-10)8-14/h4-7H,3H2,1-2H3. The average molecular weight is 256 g/mol. The minimum Gasteiger partial charge on any atom is -0.460 e. The molecule has 0 bridgehead atoms. The topological polar surface area (TPSA) is 80.8 Å². The lowest BCUT2D eigenvalue weighted by Gasteiger charge is -1.99. The van der Waals surface area contributed by atoms with E-state index >= 15 is 0 Å². The van der Waals surface area contributed by atoms with Gasteiger partial charge in [-0.3, -0.25) is 0 Å². The highest BCUT2D eigenvalue weighted by Gasteiger charge is 2.16. The van der Waals surface area contributed by atoms with Crippen molar-refractivity contribution in [3.05, 3.63) is 35.7 Å². The number of aryl methyl sites for hydroxylation is 1. The molecule has 19 heavy (non-hydrogen) atoms. The van der Waals surface area contributed by atoms with Gasteiger partial charge >= 0.3 is 5.97 Å². The molecule has 0 aliphatic rings. The first-order valence-electron chi connectivity index (χ1n) is 5.74. The van der Waals surface area contributed by atoms with Crippen molar-refractivity contribution in [1.29, 1.82) is 5.26 Å². The number of aromatic nitrogens is 3. The Morgan fingerprint density at radius 1 is 1.53 bits per heavy atom. The average Bonchev–Trinajstić information content (AvgIpc) is 2.81. The summed E-state index contributed by atoms with van der Waals surface area (Å²) >= 11 is 0. The number of hydrogen-bond acceptors (Lipinski definition) is 5. The van der Waals surface area contributed by atoms with E-state index in [1.54, 1.807) is 38.2 Å². The first-order valence-corrected chi connectivity index (χ1v) is 5.74. The number of esters is 1. The van der Waals surface area contributed by atoms with E-state index in [0.717, 1.165) is 5.56 Å². The molecule has 0 atom stereocenters. The van der Waals surface area contributed by atoms with Crippen LogP contribution in [0.2, 0.25) is 0 Å². The van der Waals surface area contributed by atoms with E-state index < -0.39 is 5.97 Å². The number of ether oxygens (including phenoxy) is 1. The molecule has 0 amide bonds. The predicted molar refractivity (Wildman–Crippen MR) is 67.1 cm³/mol. The van der Waals surface area contributed by atoms with Crippen molar-refractivity contribution in [2.24, 2.45) is 7.05 Å². The van der Waals surface area contributed by atoms with Crippen LogP contribution in [0.15, 0.2) is 24.3 Å². The van der Waals surface area contributed by atoms with Crippen LogP contribution in [0.1, 0.15) is 23.1 Å². The number of nitrogens with zero attached hydrogens (tertiary/aromatic N) is 4. The van der Waals surface area contributed by atoms with Crippen LogP contribution in [0.25, 0.3) is 11.4 Å². The minimum absolute atomic E-state index is 0.0155. The second kappa shape index (κ2) is 5.31. The Kier molecular flexibility index (Phi) is 3.57. The third-order valence-corrected chi connectivity index (χ3v) is 2.47. The van der Waals surface area contributed by atoms with Gasteiger partial charge in [0.05, 0.1) is 18.2 Å². The fourth-order valence-corrected chi connectivity index (χ4v) is 1.65. The molecular formula is C13H12N4O2. The molecule has 2 aromatic rings. The number of carbonyl (C=O) groups excluding carboxylic acids is 1. The van der Waals surface area contributed by atoms with Gasteiger partial charge in [0.1, 0.15) is 0 Å². The monoisotopic (exact) mass is 256 g/mol. The number of hydrogen-bond donors (Lipinski definition) is 0. The van der Waals surface area contributed by atoms with Crippen LogP contribution >= 0.6 is 0 Å². The second-order valence-electron chi connectivity index (χ2n) is 3.80. The molecule has 0 N–H and O–H groups in total. The fraction of sp³-hybridized carbons (Fsp3) is 0.231. The molecule has 6 nitrogen and oxygen atoms in total. The summed E-state index contributed by atoms with van der Waals surface area (Å²) in [6.45, 7) is 1.99. The van der Waals surface area contributed by atoms with Crippen molar-refractivity contribution in [2.45, 2.75) is 6.92 Å². The van der Waals surface area contributed by atoms with Gasteiger partial charge in [-0.2, -0.15) is 5.26 Å². The number of benzene rings is 1. The Morgan fingerprint density at radius 3 is 3.00 bits per heavy atom. The van der Waals surface area contributed by atoms with Gasteiger partial charge in [0.2, 0.25) is 0 Å². The van der Waals surface area contributed by atoms with Gasteiger partial charge in [-0.25, -0.2) is 14.5 Å². The van der Waals surface area contributed by atoms with Gasteiger partial charge < -0.3 is 4.74 Å². The first-order chi connectivity index (χ1) is 9.15. The molecule has 0 saturated carbocycles. The van der Waals surface area contributed by atoms with Crippen molar-refractivity contribution in [2.75, 3.05) is 6.61 Å². The Bertz CT molecular complexity index is 655. The van der Waals surface area contributed by atoms with Crippen molar-refractivity contribution >= 4 is 5.97 Å². The zero-order valence-electron chi connectivity index (χ0n) is 10.6. The van der Waals surface area contributed by atoms with Gasteiger partial charge in [-0.05, 0) is 19.1 Å². The summed E-state index contributed by atoms with van der Waals surface area (Å²) in [6.07, 6.45) is 0. The summed E-state index contributed by atoms with van der Waals surface area (Å²) in [6, 6.07) is 9.01. The molecule has 0 spiro atoms. The van der Waals surface area contributed by atoms with Crippen molar-refractivity contribution in [3.63, 3.8) is 0 Å². The summed E-state index contributed by atoms with van der Waals surface area (Å²) in [4.78, 5) is 15.7. The van der Waals surface area contributed by atoms with Crippen LogP contribution < -0.4 is 0 Å². The van der Waals surface area contributed by atoms with Crippen LogP contribution in [-0.2, 0) is 11.8 Å². The van der Waals surface area contributed by atoms with Gasteiger partial charge in [0.15, 0.2) is 5.82 Å². The van der Waals surface area contributed by atoms with Crippen LogP contribution in [0.3, 0.4) is 0 Å². The lowest BCUT2D eigenvalue weighted by atomic mass is 10.1. The molecule has 1 aromatic heterocycles. The highest BCUT2D eigenvalue weighted by molar-refractivity contribution is 5.85. The molecule has 0 unspecified atom stereocenters. The molecule has 96 valence electrons. The maximum Gasteiger partial charge on any atom is 0.378 e. The third-order valence-electron chi connectivity index (χ3n) is 2.47. The number of rotatable bonds is 3. The zero-order chi connectivity index (χ0) is 13.8. The third kappa shape index (κ3) is 2.60. The summed E-state index contributed by atoms with van der Waals surface area (Å²) in [5, 5.41) is 12.9. The summed E-state index contributed by atoms with van der Waals surface area (Å²) < 4.78 is 6.34. The van der Waals surface area contributed by atoms with E-state index in [1.165, 1.54) is 4.68 Å². The van der Waals surface area contributed by atoms with E-state index in [4.69, 9.17) is 10.00 Å². The van der Waals surface area contributed by atoms with Gasteiger partial charge in [0, 0.05) is 12.6 Å². The van der Waals surface area contributed by atoms with E-state index in [-0.39, 0.29) is 12.4 Å². The van der Waals surface area contributed by atoms with Gasteiger partial charge in [0.25, 0.3) is 5.82 Å². The van der Waals surface area contributed by atoms with Crippen LogP contribution in [-0.4, -0.2) is 27.3 Å². The molecule has 0 fully saturated rings. The molecule has 0 aliphatic carbocycles. The van der Waals surface area contributed by atoms with Crippen molar-refractivity contribution < 1.29 is 9.53 Å². The molecule has 6 heteroatoms. The smallest absolute Gasteiger partial charge is 0.378 e. The maximum absolute atomic E-state index is 11.6. The van der Waals surface area contributed by atoms with Crippen molar-refractivity contribution in [3.8, 4) is 17.5 Å². The van der Waals surface area contributed by atoms with Crippen LogP contribution in [0.5, 0.6) is 0 Å².